The molecule has 1 aromatic carbocycles. The van der Waals surface area contributed by atoms with Gasteiger partial charge < -0.3 is 10.1 Å². The summed E-state index contributed by atoms with van der Waals surface area (Å²) in [5.41, 5.74) is 4.48. The van der Waals surface area contributed by atoms with E-state index < -0.39 is 0 Å². The zero-order valence-electron chi connectivity index (χ0n) is 14.5. The molecule has 2 aliphatic rings. The van der Waals surface area contributed by atoms with Crippen LogP contribution in [-0.2, 0) is 0 Å². The first-order valence-electron chi connectivity index (χ1n) is 8.92. The van der Waals surface area contributed by atoms with Gasteiger partial charge in [-0.05, 0) is 44.4 Å². The summed E-state index contributed by atoms with van der Waals surface area (Å²) in [7, 11) is 0. The predicted octanol–water partition coefficient (Wildman–Crippen LogP) is 3.55. The van der Waals surface area contributed by atoms with Crippen molar-refractivity contribution >= 4 is 11.5 Å². The second kappa shape index (κ2) is 5.44. The molecule has 3 heterocycles. The van der Waals surface area contributed by atoms with Gasteiger partial charge in [0, 0.05) is 17.9 Å². The number of aromatic nitrogens is 4. The molecule has 0 bridgehead atoms. The molecule has 0 radical (unpaired) electrons. The molecule has 1 atom stereocenters. The van der Waals surface area contributed by atoms with Gasteiger partial charge in [0.15, 0.2) is 11.5 Å². The molecule has 6 nitrogen and oxygen atoms in total. The SMILES string of the molecule is Cc1cc(C)c2c(c1)[C@@H](Nc1ccc3nnc(C4CC4)n3n1)CCO2. The van der Waals surface area contributed by atoms with Crippen molar-refractivity contribution in [3.05, 3.63) is 46.8 Å². The van der Waals surface area contributed by atoms with E-state index in [1.807, 2.05) is 16.6 Å². The molecule has 128 valence electrons. The molecule has 1 fully saturated rings. The van der Waals surface area contributed by atoms with Crippen LogP contribution in [-0.4, -0.2) is 26.4 Å². The summed E-state index contributed by atoms with van der Waals surface area (Å²) in [6, 6.07) is 8.55. The number of hydrogen-bond acceptors (Lipinski definition) is 5. The molecule has 25 heavy (non-hydrogen) atoms. The van der Waals surface area contributed by atoms with Crippen LogP contribution in [0.5, 0.6) is 5.75 Å². The maximum atomic E-state index is 5.91. The Bertz CT molecular complexity index is 960. The molecule has 1 N–H and O–H groups in total. The number of nitrogens with zero attached hydrogens (tertiary/aromatic N) is 4. The molecular weight excluding hydrogens is 314 g/mol. The van der Waals surface area contributed by atoms with E-state index in [-0.39, 0.29) is 6.04 Å². The second-order valence-corrected chi connectivity index (χ2v) is 7.16. The van der Waals surface area contributed by atoms with Gasteiger partial charge in [0.1, 0.15) is 11.6 Å². The van der Waals surface area contributed by atoms with Crippen LogP contribution in [0, 0.1) is 13.8 Å². The lowest BCUT2D eigenvalue weighted by atomic mass is 9.96. The fourth-order valence-electron chi connectivity index (χ4n) is 3.68. The maximum Gasteiger partial charge on any atom is 0.178 e. The summed E-state index contributed by atoms with van der Waals surface area (Å²) in [6.07, 6.45) is 3.30. The van der Waals surface area contributed by atoms with Crippen LogP contribution < -0.4 is 10.1 Å². The first kappa shape index (κ1) is 14.7. The Hall–Kier alpha value is -2.63. The van der Waals surface area contributed by atoms with Gasteiger partial charge in [-0.3, -0.25) is 0 Å². The second-order valence-electron chi connectivity index (χ2n) is 7.16. The summed E-state index contributed by atoms with van der Waals surface area (Å²) in [5.74, 6) is 3.37. The summed E-state index contributed by atoms with van der Waals surface area (Å²) in [5, 5.41) is 16.9. The summed E-state index contributed by atoms with van der Waals surface area (Å²) >= 11 is 0. The van der Waals surface area contributed by atoms with Crippen molar-refractivity contribution in [2.45, 2.75) is 45.1 Å². The van der Waals surface area contributed by atoms with Crippen LogP contribution in [0.2, 0.25) is 0 Å². The number of aryl methyl sites for hydroxylation is 2. The Morgan fingerprint density at radius 2 is 2.00 bits per heavy atom. The van der Waals surface area contributed by atoms with Crippen LogP contribution >= 0.6 is 0 Å². The topological polar surface area (TPSA) is 64.3 Å². The number of ether oxygens (including phenoxy) is 1. The summed E-state index contributed by atoms with van der Waals surface area (Å²) in [6.45, 7) is 4.96. The Morgan fingerprint density at radius 3 is 2.84 bits per heavy atom. The molecule has 2 aromatic heterocycles. The average Bonchev–Trinajstić information content (AvgIpc) is 3.35. The highest BCUT2D eigenvalue weighted by atomic mass is 16.5. The van der Waals surface area contributed by atoms with Gasteiger partial charge >= 0.3 is 0 Å². The standard InChI is InChI=1S/C19H21N5O/c1-11-9-12(2)18-14(10-11)15(7-8-25-18)20-16-5-6-17-21-22-19(13-3-4-13)24(17)23-16/h5-6,9-10,13,15H,3-4,7-8H2,1-2H3,(H,20,23)/t15-/m0/s1. The highest BCUT2D eigenvalue weighted by Crippen LogP contribution is 2.39. The van der Waals surface area contributed by atoms with Gasteiger partial charge in [-0.1, -0.05) is 17.7 Å². The van der Waals surface area contributed by atoms with E-state index >= 15 is 0 Å². The van der Waals surface area contributed by atoms with Gasteiger partial charge in [-0.2, -0.15) is 4.52 Å². The fraction of sp³-hybridized carbons (Fsp3) is 0.421. The Kier molecular flexibility index (Phi) is 3.20. The van der Waals surface area contributed by atoms with Gasteiger partial charge in [-0.15, -0.1) is 15.3 Å². The van der Waals surface area contributed by atoms with Crippen molar-refractivity contribution in [2.75, 3.05) is 11.9 Å². The smallest absolute Gasteiger partial charge is 0.178 e. The predicted molar refractivity (Wildman–Crippen MR) is 95.1 cm³/mol. The first-order valence-corrected chi connectivity index (χ1v) is 8.92. The molecule has 0 spiro atoms. The Balaban J connectivity index is 1.50. The van der Waals surface area contributed by atoms with Crippen LogP contribution in [0.4, 0.5) is 5.82 Å². The maximum absolute atomic E-state index is 5.91. The molecule has 0 unspecified atom stereocenters. The lowest BCUT2D eigenvalue weighted by Gasteiger charge is -2.28. The van der Waals surface area contributed by atoms with Crippen molar-refractivity contribution in [3.63, 3.8) is 0 Å². The third-order valence-electron chi connectivity index (χ3n) is 5.03. The molecular formula is C19H21N5O. The molecule has 6 heteroatoms. The quantitative estimate of drug-likeness (QED) is 0.793. The molecule has 1 saturated carbocycles. The highest BCUT2D eigenvalue weighted by Gasteiger charge is 2.29. The van der Waals surface area contributed by atoms with Crippen LogP contribution in [0.3, 0.4) is 0 Å². The van der Waals surface area contributed by atoms with Gasteiger partial charge in [-0.25, -0.2) is 0 Å². The number of anilines is 1. The van der Waals surface area contributed by atoms with Gasteiger partial charge in [0.2, 0.25) is 0 Å². The monoisotopic (exact) mass is 335 g/mol. The zero-order valence-corrected chi connectivity index (χ0v) is 14.5. The summed E-state index contributed by atoms with van der Waals surface area (Å²) < 4.78 is 7.80. The number of nitrogens with one attached hydrogen (secondary N) is 1. The van der Waals surface area contributed by atoms with Crippen molar-refractivity contribution in [2.24, 2.45) is 0 Å². The average molecular weight is 335 g/mol. The van der Waals surface area contributed by atoms with E-state index in [0.29, 0.717) is 5.92 Å². The first-order chi connectivity index (χ1) is 12.2. The molecule has 1 aliphatic heterocycles. The van der Waals surface area contributed by atoms with Crippen LogP contribution in [0.15, 0.2) is 24.3 Å². The molecule has 1 aliphatic carbocycles. The van der Waals surface area contributed by atoms with Crippen LogP contribution in [0.1, 0.15) is 53.7 Å². The molecule has 3 aromatic rings. The summed E-state index contributed by atoms with van der Waals surface area (Å²) in [4.78, 5) is 0. The fourth-order valence-corrected chi connectivity index (χ4v) is 3.68. The number of benzene rings is 1. The van der Waals surface area contributed by atoms with Crippen molar-refractivity contribution in [1.29, 1.82) is 0 Å². The van der Waals surface area contributed by atoms with E-state index in [4.69, 9.17) is 9.84 Å². The normalized spacial score (nSPS) is 19.5. The lowest BCUT2D eigenvalue weighted by molar-refractivity contribution is 0.272. The van der Waals surface area contributed by atoms with Crippen molar-refractivity contribution in [3.8, 4) is 5.75 Å². The zero-order chi connectivity index (χ0) is 17.0. The third kappa shape index (κ3) is 2.52. The Morgan fingerprint density at radius 1 is 1.12 bits per heavy atom. The van der Waals surface area contributed by atoms with Gasteiger partial charge in [0.25, 0.3) is 0 Å². The lowest BCUT2D eigenvalue weighted by Crippen LogP contribution is -2.22. The van der Waals surface area contributed by atoms with E-state index in [9.17, 15) is 0 Å². The van der Waals surface area contributed by atoms with E-state index in [1.165, 1.54) is 29.5 Å². The van der Waals surface area contributed by atoms with E-state index in [0.717, 1.165) is 36.1 Å². The van der Waals surface area contributed by atoms with Crippen LogP contribution in [0.25, 0.3) is 5.65 Å². The minimum absolute atomic E-state index is 0.202. The van der Waals surface area contributed by atoms with Crippen molar-refractivity contribution < 1.29 is 4.74 Å². The molecule has 0 amide bonds. The minimum atomic E-state index is 0.202. The largest absolute Gasteiger partial charge is 0.493 e. The van der Waals surface area contributed by atoms with Crippen molar-refractivity contribution in [1.82, 2.24) is 19.8 Å². The number of fused-ring (bicyclic) bond motifs is 2. The highest BCUT2D eigenvalue weighted by molar-refractivity contribution is 5.51. The minimum Gasteiger partial charge on any atom is -0.493 e. The van der Waals surface area contributed by atoms with E-state index in [1.54, 1.807) is 0 Å². The number of hydrogen-bond donors (Lipinski definition) is 1. The molecule has 5 rings (SSSR count). The third-order valence-corrected chi connectivity index (χ3v) is 5.03. The van der Waals surface area contributed by atoms with Gasteiger partial charge in [0.05, 0.1) is 12.6 Å². The number of rotatable bonds is 3. The molecule has 0 saturated heterocycles. The Labute approximate surface area is 146 Å². The van der Waals surface area contributed by atoms with E-state index in [2.05, 4.69) is 41.5 Å².